The molecule has 3 aromatic rings. The molecule has 0 saturated heterocycles. The van der Waals surface area contributed by atoms with Crippen molar-refractivity contribution in [1.29, 1.82) is 0 Å². The number of hydrogen-bond acceptors (Lipinski definition) is 3. The topological polar surface area (TPSA) is 67.2 Å². The Morgan fingerprint density at radius 3 is 2.41 bits per heavy atom. The summed E-state index contributed by atoms with van der Waals surface area (Å²) in [7, 11) is 0. The molecule has 7 heteroatoms. The van der Waals surface area contributed by atoms with E-state index in [-0.39, 0.29) is 17.0 Å². The van der Waals surface area contributed by atoms with Crippen molar-refractivity contribution >= 4 is 29.1 Å². The summed E-state index contributed by atoms with van der Waals surface area (Å²) in [6.07, 6.45) is 0. The number of benzene rings is 2. The van der Waals surface area contributed by atoms with Gasteiger partial charge in [0.05, 0.1) is 11.4 Å². The first-order chi connectivity index (χ1) is 14.0. The highest BCUT2D eigenvalue weighted by atomic mass is 35.5. The summed E-state index contributed by atoms with van der Waals surface area (Å²) in [6.45, 7) is 6.85. The third-order valence-corrected chi connectivity index (χ3v) is 5.00. The molecule has 0 aliphatic heterocycles. The van der Waals surface area contributed by atoms with Crippen LogP contribution in [0.3, 0.4) is 0 Å². The Hall–Kier alpha value is -3.12. The quantitative estimate of drug-likeness (QED) is 0.647. The van der Waals surface area contributed by atoms with Crippen LogP contribution < -0.4 is 5.32 Å². The predicted molar refractivity (Wildman–Crippen MR) is 115 cm³/mol. The van der Waals surface area contributed by atoms with E-state index in [1.54, 1.807) is 36.1 Å². The summed E-state index contributed by atoms with van der Waals surface area (Å²) in [5.41, 5.74) is 2.64. The van der Waals surface area contributed by atoms with Gasteiger partial charge in [-0.3, -0.25) is 9.59 Å². The standard InChI is InChI=1S/C22H23ClN4O2/c1-4-26(5-2)22(29)16-10-9-11-17(14-16)24-21(28)19-15(3)25-27(20(19)23)18-12-7-6-8-13-18/h6-14H,4-5H2,1-3H3,(H,24,28). The summed E-state index contributed by atoms with van der Waals surface area (Å²) in [5, 5.41) is 7.46. The molecule has 1 heterocycles. The van der Waals surface area contributed by atoms with Crippen LogP contribution in [0, 0.1) is 6.92 Å². The normalized spacial score (nSPS) is 10.6. The third kappa shape index (κ3) is 4.32. The Balaban J connectivity index is 1.86. The maximum Gasteiger partial charge on any atom is 0.260 e. The van der Waals surface area contributed by atoms with E-state index < -0.39 is 0 Å². The predicted octanol–water partition coefficient (Wildman–Crippen LogP) is 4.57. The summed E-state index contributed by atoms with van der Waals surface area (Å²) >= 11 is 6.46. The second kappa shape index (κ2) is 8.92. The van der Waals surface area contributed by atoms with E-state index in [4.69, 9.17) is 11.6 Å². The lowest BCUT2D eigenvalue weighted by atomic mass is 10.1. The van der Waals surface area contributed by atoms with E-state index in [2.05, 4.69) is 10.4 Å². The summed E-state index contributed by atoms with van der Waals surface area (Å²) in [5.74, 6) is -0.445. The van der Waals surface area contributed by atoms with Gasteiger partial charge in [-0.15, -0.1) is 0 Å². The number of nitrogens with zero attached hydrogens (tertiary/aromatic N) is 3. The van der Waals surface area contributed by atoms with Gasteiger partial charge in [0.2, 0.25) is 0 Å². The Labute approximate surface area is 175 Å². The number of aromatic nitrogens is 2. The van der Waals surface area contributed by atoms with Crippen LogP contribution in [0.1, 0.15) is 40.3 Å². The van der Waals surface area contributed by atoms with Crippen LogP contribution in [0.2, 0.25) is 5.15 Å². The van der Waals surface area contributed by atoms with E-state index in [1.807, 2.05) is 44.2 Å². The van der Waals surface area contributed by atoms with Crippen LogP contribution >= 0.6 is 11.6 Å². The minimum atomic E-state index is -0.373. The van der Waals surface area contributed by atoms with Crippen molar-refractivity contribution in [3.05, 3.63) is 76.6 Å². The van der Waals surface area contributed by atoms with Gasteiger partial charge in [0.25, 0.3) is 11.8 Å². The minimum absolute atomic E-state index is 0.0720. The van der Waals surface area contributed by atoms with E-state index in [0.29, 0.717) is 35.6 Å². The number of aryl methyl sites for hydroxylation is 1. The molecule has 0 aliphatic rings. The molecule has 0 atom stereocenters. The molecular formula is C22H23ClN4O2. The van der Waals surface area contributed by atoms with Gasteiger partial charge in [0.15, 0.2) is 0 Å². The van der Waals surface area contributed by atoms with Crippen molar-refractivity contribution in [3.8, 4) is 5.69 Å². The first kappa shape index (κ1) is 20.6. The molecule has 2 amide bonds. The third-order valence-electron chi connectivity index (χ3n) is 4.65. The number of nitrogens with one attached hydrogen (secondary N) is 1. The molecule has 29 heavy (non-hydrogen) atoms. The Kier molecular flexibility index (Phi) is 6.34. The highest BCUT2D eigenvalue weighted by Gasteiger charge is 2.21. The second-order valence-corrected chi connectivity index (χ2v) is 6.87. The zero-order valence-corrected chi connectivity index (χ0v) is 17.4. The van der Waals surface area contributed by atoms with Crippen LogP contribution in [0.4, 0.5) is 5.69 Å². The lowest BCUT2D eigenvalue weighted by molar-refractivity contribution is 0.0772. The molecule has 0 radical (unpaired) electrons. The molecule has 1 aromatic heterocycles. The lowest BCUT2D eigenvalue weighted by Gasteiger charge is -2.19. The van der Waals surface area contributed by atoms with Gasteiger partial charge < -0.3 is 10.2 Å². The number of amides is 2. The fourth-order valence-electron chi connectivity index (χ4n) is 3.11. The summed E-state index contributed by atoms with van der Waals surface area (Å²) < 4.78 is 1.53. The van der Waals surface area contributed by atoms with Gasteiger partial charge in [0.1, 0.15) is 10.7 Å². The Morgan fingerprint density at radius 1 is 1.07 bits per heavy atom. The molecule has 6 nitrogen and oxygen atoms in total. The molecule has 0 unspecified atom stereocenters. The summed E-state index contributed by atoms with van der Waals surface area (Å²) in [4.78, 5) is 27.2. The number of carbonyl (C=O) groups is 2. The van der Waals surface area contributed by atoms with Crippen LogP contribution in [-0.4, -0.2) is 39.6 Å². The number of carbonyl (C=O) groups excluding carboxylic acids is 2. The molecule has 1 N–H and O–H groups in total. The second-order valence-electron chi connectivity index (χ2n) is 6.51. The highest BCUT2D eigenvalue weighted by Crippen LogP contribution is 2.25. The van der Waals surface area contributed by atoms with Crippen molar-refractivity contribution in [2.75, 3.05) is 18.4 Å². The van der Waals surface area contributed by atoms with Gasteiger partial charge in [-0.25, -0.2) is 4.68 Å². The largest absolute Gasteiger partial charge is 0.339 e. The van der Waals surface area contributed by atoms with E-state index in [0.717, 1.165) is 5.69 Å². The molecule has 0 spiro atoms. The fourth-order valence-corrected chi connectivity index (χ4v) is 3.47. The Bertz CT molecular complexity index is 1030. The van der Waals surface area contributed by atoms with Gasteiger partial charge >= 0.3 is 0 Å². The number of hydrogen-bond donors (Lipinski definition) is 1. The van der Waals surface area contributed by atoms with Gasteiger partial charge in [-0.2, -0.15) is 5.10 Å². The zero-order valence-electron chi connectivity index (χ0n) is 16.6. The number of rotatable bonds is 6. The smallest absolute Gasteiger partial charge is 0.260 e. The van der Waals surface area contributed by atoms with Crippen molar-refractivity contribution in [2.24, 2.45) is 0 Å². The van der Waals surface area contributed by atoms with E-state index in [1.165, 1.54) is 4.68 Å². The van der Waals surface area contributed by atoms with Crippen molar-refractivity contribution in [1.82, 2.24) is 14.7 Å². The first-order valence-corrected chi connectivity index (χ1v) is 9.85. The fraction of sp³-hybridized carbons (Fsp3) is 0.227. The van der Waals surface area contributed by atoms with E-state index in [9.17, 15) is 9.59 Å². The van der Waals surface area contributed by atoms with E-state index >= 15 is 0 Å². The summed E-state index contributed by atoms with van der Waals surface area (Å²) in [6, 6.07) is 16.3. The first-order valence-electron chi connectivity index (χ1n) is 9.47. The average Bonchev–Trinajstić information content (AvgIpc) is 3.03. The number of anilines is 1. The zero-order chi connectivity index (χ0) is 21.0. The molecule has 0 bridgehead atoms. The Morgan fingerprint density at radius 2 is 1.76 bits per heavy atom. The van der Waals surface area contributed by atoms with Crippen LogP contribution in [0.5, 0.6) is 0 Å². The molecule has 0 saturated carbocycles. The molecule has 0 fully saturated rings. The van der Waals surface area contributed by atoms with Gasteiger partial charge in [0, 0.05) is 24.3 Å². The average molecular weight is 411 g/mol. The molecular weight excluding hydrogens is 388 g/mol. The molecule has 3 rings (SSSR count). The molecule has 0 aliphatic carbocycles. The maximum absolute atomic E-state index is 12.9. The van der Waals surface area contributed by atoms with Crippen molar-refractivity contribution in [3.63, 3.8) is 0 Å². The SMILES string of the molecule is CCN(CC)C(=O)c1cccc(NC(=O)c2c(C)nn(-c3ccccc3)c2Cl)c1. The van der Waals surface area contributed by atoms with Gasteiger partial charge in [-0.05, 0) is 51.1 Å². The maximum atomic E-state index is 12.9. The lowest BCUT2D eigenvalue weighted by Crippen LogP contribution is -2.30. The van der Waals surface area contributed by atoms with Gasteiger partial charge in [-0.1, -0.05) is 35.9 Å². The molecule has 2 aromatic carbocycles. The van der Waals surface area contributed by atoms with Crippen LogP contribution in [0.25, 0.3) is 5.69 Å². The number of halogens is 1. The molecule has 150 valence electrons. The van der Waals surface area contributed by atoms with Crippen molar-refractivity contribution < 1.29 is 9.59 Å². The monoisotopic (exact) mass is 410 g/mol. The minimum Gasteiger partial charge on any atom is -0.339 e. The number of para-hydroxylation sites is 1. The highest BCUT2D eigenvalue weighted by molar-refractivity contribution is 6.34. The van der Waals surface area contributed by atoms with Crippen LogP contribution in [-0.2, 0) is 0 Å². The van der Waals surface area contributed by atoms with Crippen LogP contribution in [0.15, 0.2) is 54.6 Å². The van der Waals surface area contributed by atoms with Crippen molar-refractivity contribution in [2.45, 2.75) is 20.8 Å².